The summed E-state index contributed by atoms with van der Waals surface area (Å²) in [6, 6.07) is 7.67. The van der Waals surface area contributed by atoms with Crippen LogP contribution in [0.25, 0.3) is 22.3 Å². The second-order valence-corrected chi connectivity index (χ2v) is 7.80. The molecule has 182 valence electrons. The summed E-state index contributed by atoms with van der Waals surface area (Å²) < 4.78 is 21.7. The molecule has 0 amide bonds. The fourth-order valence-corrected chi connectivity index (χ4v) is 4.06. The largest absolute Gasteiger partial charge is 0.504 e. The minimum Gasteiger partial charge on any atom is -0.504 e. The van der Waals surface area contributed by atoms with Crippen molar-refractivity contribution in [2.45, 2.75) is 30.5 Å². The number of ether oxygens (including phenoxy) is 3. The molecular formula is C23H24O11. The number of benzene rings is 2. The van der Waals surface area contributed by atoms with Crippen molar-refractivity contribution in [3.8, 4) is 34.3 Å². The van der Waals surface area contributed by atoms with E-state index in [0.29, 0.717) is 11.3 Å². The molecule has 1 saturated heterocycles. The Balaban J connectivity index is 2.01. The van der Waals surface area contributed by atoms with Gasteiger partial charge in [-0.25, -0.2) is 0 Å². The monoisotopic (exact) mass is 476 g/mol. The molecule has 1 aliphatic heterocycles. The Morgan fingerprint density at radius 1 is 0.941 bits per heavy atom. The fourth-order valence-electron chi connectivity index (χ4n) is 4.06. The van der Waals surface area contributed by atoms with E-state index in [4.69, 9.17) is 18.6 Å². The number of phenolic OH excluding ortho intramolecular Hbond substituents is 2. The standard InChI is InChI=1S/C23H24O11/c1-31-10-5-3-9(4-6-10)12-7-11(25)14-17(27)23(32-2)18(28)15(21(14)33-12)22-20(30)19(29)16(26)13(8-24)34-22/h3-7,13,16,19-20,22,24,26-30H,8H2,1-2H3. The van der Waals surface area contributed by atoms with E-state index in [2.05, 4.69) is 0 Å². The normalized spacial score (nSPS) is 24.8. The average molecular weight is 476 g/mol. The SMILES string of the molecule is COc1ccc(-c2cc(=O)c3c(O)c(OC)c(O)c(C4OC(CO)C(O)C(O)C4O)c3o2)cc1. The molecule has 0 aliphatic carbocycles. The number of aliphatic hydroxyl groups excluding tert-OH is 4. The number of methoxy groups -OCH3 is 2. The number of fused-ring (bicyclic) bond motifs is 1. The van der Waals surface area contributed by atoms with Crippen molar-refractivity contribution in [1.82, 2.24) is 0 Å². The van der Waals surface area contributed by atoms with Crippen LogP contribution < -0.4 is 14.9 Å². The molecular weight excluding hydrogens is 452 g/mol. The molecule has 2 heterocycles. The summed E-state index contributed by atoms with van der Waals surface area (Å²) in [7, 11) is 2.64. The molecule has 11 heteroatoms. The lowest BCUT2D eigenvalue weighted by molar-refractivity contribution is -0.231. The molecule has 0 saturated carbocycles. The maximum atomic E-state index is 13.0. The second kappa shape index (κ2) is 9.12. The molecule has 0 spiro atoms. The number of rotatable bonds is 5. The van der Waals surface area contributed by atoms with Crippen molar-refractivity contribution in [3.05, 3.63) is 46.1 Å². The van der Waals surface area contributed by atoms with Gasteiger partial charge in [0.1, 0.15) is 47.4 Å². The van der Waals surface area contributed by atoms with Gasteiger partial charge in [-0.2, -0.15) is 0 Å². The minimum absolute atomic E-state index is 0.0648. The fraction of sp³-hybridized carbons (Fsp3) is 0.348. The summed E-state index contributed by atoms with van der Waals surface area (Å²) in [5, 5.41) is 61.7. The highest BCUT2D eigenvalue weighted by Gasteiger charge is 2.46. The topological polar surface area (TPSA) is 179 Å². The highest BCUT2D eigenvalue weighted by molar-refractivity contribution is 5.93. The molecule has 6 N–H and O–H groups in total. The van der Waals surface area contributed by atoms with Crippen LogP contribution in [0, 0.1) is 0 Å². The first-order chi connectivity index (χ1) is 16.2. The molecule has 1 aliphatic rings. The zero-order valence-corrected chi connectivity index (χ0v) is 18.2. The molecule has 0 bridgehead atoms. The highest BCUT2D eigenvalue weighted by Crippen LogP contribution is 2.50. The van der Waals surface area contributed by atoms with Crippen molar-refractivity contribution in [3.63, 3.8) is 0 Å². The molecule has 1 fully saturated rings. The van der Waals surface area contributed by atoms with Gasteiger partial charge < -0.3 is 49.3 Å². The van der Waals surface area contributed by atoms with E-state index in [1.165, 1.54) is 7.11 Å². The van der Waals surface area contributed by atoms with Gasteiger partial charge in [0.15, 0.2) is 22.5 Å². The number of hydrogen-bond donors (Lipinski definition) is 6. The van der Waals surface area contributed by atoms with Crippen molar-refractivity contribution in [2.75, 3.05) is 20.8 Å². The van der Waals surface area contributed by atoms with Gasteiger partial charge in [-0.05, 0) is 24.3 Å². The lowest BCUT2D eigenvalue weighted by Crippen LogP contribution is -2.55. The van der Waals surface area contributed by atoms with E-state index in [1.54, 1.807) is 24.3 Å². The smallest absolute Gasteiger partial charge is 0.204 e. The van der Waals surface area contributed by atoms with Gasteiger partial charge in [0.05, 0.1) is 26.4 Å². The number of aromatic hydroxyl groups is 2. The zero-order chi connectivity index (χ0) is 24.7. The maximum absolute atomic E-state index is 13.0. The van der Waals surface area contributed by atoms with Crippen LogP contribution in [-0.2, 0) is 4.74 Å². The molecule has 34 heavy (non-hydrogen) atoms. The van der Waals surface area contributed by atoms with Gasteiger partial charge in [0.2, 0.25) is 5.75 Å². The molecule has 4 rings (SSSR count). The van der Waals surface area contributed by atoms with E-state index in [0.717, 1.165) is 13.2 Å². The van der Waals surface area contributed by atoms with Gasteiger partial charge in [-0.15, -0.1) is 0 Å². The van der Waals surface area contributed by atoms with Gasteiger partial charge in [-0.1, -0.05) is 0 Å². The van der Waals surface area contributed by atoms with Gasteiger partial charge in [-0.3, -0.25) is 4.79 Å². The molecule has 3 aromatic rings. The summed E-state index contributed by atoms with van der Waals surface area (Å²) in [4.78, 5) is 13.0. The maximum Gasteiger partial charge on any atom is 0.204 e. The van der Waals surface area contributed by atoms with Gasteiger partial charge in [0, 0.05) is 11.6 Å². The predicted octanol–water partition coefficient (Wildman–Crippen LogP) is 0.403. The van der Waals surface area contributed by atoms with Crippen LogP contribution in [0.4, 0.5) is 0 Å². The summed E-state index contributed by atoms with van der Waals surface area (Å²) in [5.74, 6) is -1.27. The molecule has 11 nitrogen and oxygen atoms in total. The third kappa shape index (κ3) is 3.73. The average Bonchev–Trinajstić information content (AvgIpc) is 2.83. The Labute approximate surface area is 192 Å². The van der Waals surface area contributed by atoms with E-state index in [9.17, 15) is 35.4 Å². The first kappa shape index (κ1) is 23.8. The minimum atomic E-state index is -1.80. The summed E-state index contributed by atoms with van der Waals surface area (Å²) in [6.07, 6.45) is -8.07. The van der Waals surface area contributed by atoms with Crippen molar-refractivity contribution in [1.29, 1.82) is 0 Å². The first-order valence-electron chi connectivity index (χ1n) is 10.3. The number of phenols is 2. The van der Waals surface area contributed by atoms with E-state index in [1.807, 2.05) is 0 Å². The Morgan fingerprint density at radius 3 is 2.21 bits per heavy atom. The van der Waals surface area contributed by atoms with Crippen LogP contribution >= 0.6 is 0 Å². The number of hydrogen-bond acceptors (Lipinski definition) is 11. The Morgan fingerprint density at radius 2 is 1.62 bits per heavy atom. The van der Waals surface area contributed by atoms with Crippen LogP contribution in [0.2, 0.25) is 0 Å². The van der Waals surface area contributed by atoms with Crippen LogP contribution in [0.3, 0.4) is 0 Å². The third-order valence-electron chi connectivity index (χ3n) is 5.87. The van der Waals surface area contributed by atoms with Gasteiger partial charge >= 0.3 is 0 Å². The van der Waals surface area contributed by atoms with E-state index < -0.39 is 59.8 Å². The number of aliphatic hydroxyl groups is 4. The summed E-state index contributed by atoms with van der Waals surface area (Å²) in [6.45, 7) is -0.712. The highest BCUT2D eigenvalue weighted by atomic mass is 16.5. The summed E-state index contributed by atoms with van der Waals surface area (Å²) in [5.41, 5.74) is -0.865. The van der Waals surface area contributed by atoms with Crippen LogP contribution in [0.5, 0.6) is 23.0 Å². The van der Waals surface area contributed by atoms with Gasteiger partial charge in [0.25, 0.3) is 0 Å². The Bertz CT molecular complexity index is 1250. The predicted molar refractivity (Wildman–Crippen MR) is 117 cm³/mol. The first-order valence-corrected chi connectivity index (χ1v) is 10.3. The molecule has 0 radical (unpaired) electrons. The van der Waals surface area contributed by atoms with Crippen molar-refractivity contribution >= 4 is 11.0 Å². The Kier molecular flexibility index (Phi) is 6.39. The Hall–Kier alpha value is -3.35. The lowest BCUT2D eigenvalue weighted by atomic mass is 9.89. The zero-order valence-electron chi connectivity index (χ0n) is 18.2. The molecule has 2 aromatic carbocycles. The second-order valence-electron chi connectivity index (χ2n) is 7.80. The van der Waals surface area contributed by atoms with Crippen molar-refractivity contribution < 1.29 is 49.3 Å². The molecule has 5 atom stereocenters. The lowest BCUT2D eigenvalue weighted by Gasteiger charge is -2.40. The van der Waals surface area contributed by atoms with E-state index >= 15 is 0 Å². The quantitative estimate of drug-likeness (QED) is 0.300. The van der Waals surface area contributed by atoms with E-state index in [-0.39, 0.29) is 22.3 Å². The van der Waals surface area contributed by atoms with Crippen LogP contribution in [0.15, 0.2) is 39.5 Å². The third-order valence-corrected chi connectivity index (χ3v) is 5.87. The van der Waals surface area contributed by atoms with Crippen LogP contribution in [-0.4, -0.2) is 75.9 Å². The summed E-state index contributed by atoms with van der Waals surface area (Å²) >= 11 is 0. The van der Waals surface area contributed by atoms with Crippen LogP contribution in [0.1, 0.15) is 11.7 Å². The molecule has 5 unspecified atom stereocenters. The van der Waals surface area contributed by atoms with Crippen molar-refractivity contribution in [2.24, 2.45) is 0 Å². The molecule has 1 aromatic heterocycles.